The number of hydrogen-bond acceptors (Lipinski definition) is 3. The van der Waals surface area contributed by atoms with E-state index in [9.17, 15) is 4.79 Å². The number of carbonyl (C=O) groups is 1. The summed E-state index contributed by atoms with van der Waals surface area (Å²) < 4.78 is 0. The van der Waals surface area contributed by atoms with E-state index in [4.69, 9.17) is 0 Å². The van der Waals surface area contributed by atoms with Crippen LogP contribution in [0.2, 0.25) is 0 Å². The summed E-state index contributed by atoms with van der Waals surface area (Å²) in [5.41, 5.74) is 0. The molecule has 0 bridgehead atoms. The molecule has 5 nitrogen and oxygen atoms in total. The Morgan fingerprint density at radius 1 is 1.17 bits per heavy atom. The van der Waals surface area contributed by atoms with Gasteiger partial charge in [0.05, 0.1) is 18.4 Å². The highest BCUT2D eigenvalue weighted by Crippen LogP contribution is 2.26. The van der Waals surface area contributed by atoms with E-state index in [1.54, 1.807) is 17.2 Å². The number of allylic oxidation sites excluding steroid dienone is 2. The van der Waals surface area contributed by atoms with Crippen molar-refractivity contribution in [1.82, 2.24) is 19.9 Å². The van der Waals surface area contributed by atoms with Crippen LogP contribution in [0.1, 0.15) is 31.7 Å². The van der Waals surface area contributed by atoms with Crippen molar-refractivity contribution in [1.29, 1.82) is 0 Å². The molecular formula is C13H18N4O. The number of carbonyl (C=O) groups excluding carboxylic acids is 1. The van der Waals surface area contributed by atoms with Crippen LogP contribution in [0.15, 0.2) is 24.5 Å². The molecule has 2 heterocycles. The van der Waals surface area contributed by atoms with Gasteiger partial charge in [0.25, 0.3) is 0 Å². The van der Waals surface area contributed by atoms with Crippen LogP contribution in [-0.4, -0.2) is 38.9 Å². The fourth-order valence-electron chi connectivity index (χ4n) is 2.82. The summed E-state index contributed by atoms with van der Waals surface area (Å²) in [7, 11) is 0. The average molecular weight is 246 g/mol. The molecule has 0 aromatic carbocycles. The van der Waals surface area contributed by atoms with Crippen LogP contribution in [-0.2, 0) is 4.79 Å². The van der Waals surface area contributed by atoms with Gasteiger partial charge in [-0.1, -0.05) is 12.2 Å². The molecular weight excluding hydrogens is 228 g/mol. The number of amides is 1. The van der Waals surface area contributed by atoms with E-state index >= 15 is 0 Å². The largest absolute Gasteiger partial charge is 0.340 e. The molecule has 0 unspecified atom stereocenters. The Morgan fingerprint density at radius 3 is 2.72 bits per heavy atom. The Labute approximate surface area is 106 Å². The average Bonchev–Trinajstić information content (AvgIpc) is 3.09. The molecule has 0 N–H and O–H groups in total. The molecule has 0 saturated carbocycles. The van der Waals surface area contributed by atoms with Gasteiger partial charge in [-0.2, -0.15) is 15.0 Å². The molecule has 1 aliphatic carbocycles. The number of rotatable bonds is 2. The second kappa shape index (κ2) is 4.92. The smallest absolute Gasteiger partial charge is 0.226 e. The number of aromatic nitrogens is 3. The third kappa shape index (κ3) is 2.17. The minimum absolute atomic E-state index is 0.194. The van der Waals surface area contributed by atoms with Gasteiger partial charge in [0, 0.05) is 19.0 Å². The summed E-state index contributed by atoms with van der Waals surface area (Å²) in [5, 5.41) is 8.32. The van der Waals surface area contributed by atoms with Gasteiger partial charge >= 0.3 is 0 Å². The predicted molar refractivity (Wildman–Crippen MR) is 66.7 cm³/mol. The second-order valence-electron chi connectivity index (χ2n) is 5.06. The van der Waals surface area contributed by atoms with E-state index in [1.165, 1.54) is 0 Å². The fraction of sp³-hybridized carbons (Fsp3) is 0.615. The maximum absolute atomic E-state index is 12.4. The van der Waals surface area contributed by atoms with Crippen LogP contribution in [0.25, 0.3) is 0 Å². The Hall–Kier alpha value is -1.65. The van der Waals surface area contributed by atoms with E-state index in [0.717, 1.165) is 38.8 Å². The number of nitrogens with zero attached hydrogens (tertiary/aromatic N) is 4. The Balaban J connectivity index is 1.61. The maximum Gasteiger partial charge on any atom is 0.226 e. The van der Waals surface area contributed by atoms with Gasteiger partial charge in [-0.15, -0.1) is 0 Å². The molecule has 0 spiro atoms. The lowest BCUT2D eigenvalue weighted by molar-refractivity contribution is -0.134. The molecule has 1 saturated heterocycles. The van der Waals surface area contributed by atoms with E-state index in [2.05, 4.69) is 22.3 Å². The van der Waals surface area contributed by atoms with Gasteiger partial charge in [-0.05, 0) is 25.7 Å². The van der Waals surface area contributed by atoms with E-state index in [0.29, 0.717) is 5.91 Å². The van der Waals surface area contributed by atoms with Gasteiger partial charge in [0.2, 0.25) is 5.91 Å². The van der Waals surface area contributed by atoms with Crippen molar-refractivity contribution in [3.63, 3.8) is 0 Å². The molecule has 96 valence electrons. The first-order valence-corrected chi connectivity index (χ1v) is 6.64. The summed E-state index contributed by atoms with van der Waals surface area (Å²) in [5.74, 6) is 0.508. The molecule has 1 amide bonds. The van der Waals surface area contributed by atoms with Gasteiger partial charge in [0.1, 0.15) is 0 Å². The first-order chi connectivity index (χ1) is 8.84. The second-order valence-corrected chi connectivity index (χ2v) is 5.06. The monoisotopic (exact) mass is 246 g/mol. The van der Waals surface area contributed by atoms with Gasteiger partial charge in [-0.25, -0.2) is 0 Å². The van der Waals surface area contributed by atoms with Crippen molar-refractivity contribution in [2.75, 3.05) is 13.1 Å². The zero-order valence-corrected chi connectivity index (χ0v) is 10.4. The van der Waals surface area contributed by atoms with Crippen LogP contribution in [0.5, 0.6) is 0 Å². The highest BCUT2D eigenvalue weighted by Gasteiger charge is 2.32. The number of hydrogen-bond donors (Lipinski definition) is 0. The van der Waals surface area contributed by atoms with Crippen LogP contribution in [0.3, 0.4) is 0 Å². The molecule has 3 rings (SSSR count). The van der Waals surface area contributed by atoms with Crippen LogP contribution < -0.4 is 0 Å². The van der Waals surface area contributed by atoms with Crippen molar-refractivity contribution in [2.45, 2.75) is 31.7 Å². The number of likely N-dealkylation sites (tertiary alicyclic amines) is 1. The van der Waals surface area contributed by atoms with E-state index < -0.39 is 0 Å². The Kier molecular flexibility index (Phi) is 3.13. The van der Waals surface area contributed by atoms with E-state index in [-0.39, 0.29) is 12.0 Å². The lowest BCUT2D eigenvalue weighted by Crippen LogP contribution is -2.35. The first kappa shape index (κ1) is 11.4. The lowest BCUT2D eigenvalue weighted by Gasteiger charge is -2.24. The molecule has 1 aromatic rings. The molecule has 0 radical (unpaired) electrons. The summed E-state index contributed by atoms with van der Waals surface area (Å²) in [6.45, 7) is 1.60. The predicted octanol–water partition coefficient (Wildman–Crippen LogP) is 1.41. The van der Waals surface area contributed by atoms with Crippen molar-refractivity contribution < 1.29 is 4.79 Å². The zero-order valence-electron chi connectivity index (χ0n) is 10.4. The molecule has 1 fully saturated rings. The normalized spacial score (nSPS) is 27.7. The minimum atomic E-state index is 0.194. The highest BCUT2D eigenvalue weighted by molar-refractivity contribution is 5.79. The Bertz CT molecular complexity index is 440. The van der Waals surface area contributed by atoms with Gasteiger partial charge in [-0.3, -0.25) is 4.79 Å². The SMILES string of the molecule is O=C([C@@H]1CC=CCC1)N1CC[C@@H](n2nccn2)C1. The van der Waals surface area contributed by atoms with Crippen molar-refractivity contribution in [3.05, 3.63) is 24.5 Å². The van der Waals surface area contributed by atoms with Crippen molar-refractivity contribution >= 4 is 5.91 Å². The third-order valence-corrected chi connectivity index (χ3v) is 3.86. The molecule has 1 aliphatic heterocycles. The molecule has 18 heavy (non-hydrogen) atoms. The topological polar surface area (TPSA) is 51.0 Å². The molecule has 1 aromatic heterocycles. The van der Waals surface area contributed by atoms with Crippen LogP contribution in [0, 0.1) is 5.92 Å². The highest BCUT2D eigenvalue weighted by atomic mass is 16.2. The first-order valence-electron chi connectivity index (χ1n) is 6.64. The van der Waals surface area contributed by atoms with Crippen LogP contribution >= 0.6 is 0 Å². The van der Waals surface area contributed by atoms with Crippen molar-refractivity contribution in [2.24, 2.45) is 5.92 Å². The molecule has 2 aliphatic rings. The zero-order chi connectivity index (χ0) is 12.4. The minimum Gasteiger partial charge on any atom is -0.340 e. The van der Waals surface area contributed by atoms with Crippen LogP contribution in [0.4, 0.5) is 0 Å². The third-order valence-electron chi connectivity index (χ3n) is 3.86. The maximum atomic E-state index is 12.4. The van der Waals surface area contributed by atoms with Gasteiger partial charge in [0.15, 0.2) is 0 Å². The summed E-state index contributed by atoms with van der Waals surface area (Å²) in [6.07, 6.45) is 11.6. The standard InChI is InChI=1S/C13H18N4O/c18-13(11-4-2-1-3-5-11)16-9-6-12(10-16)17-14-7-8-15-17/h1-2,7-8,11-12H,3-6,9-10H2/t11-,12-/m1/s1. The fourth-order valence-corrected chi connectivity index (χ4v) is 2.82. The summed E-state index contributed by atoms with van der Waals surface area (Å²) in [4.78, 5) is 16.1. The molecule has 2 atom stereocenters. The van der Waals surface area contributed by atoms with Gasteiger partial charge < -0.3 is 4.90 Å². The van der Waals surface area contributed by atoms with Crippen molar-refractivity contribution in [3.8, 4) is 0 Å². The molecule has 5 heteroatoms. The van der Waals surface area contributed by atoms with E-state index in [1.807, 2.05) is 4.90 Å². The summed E-state index contributed by atoms with van der Waals surface area (Å²) >= 11 is 0. The lowest BCUT2D eigenvalue weighted by atomic mass is 9.93. The quantitative estimate of drug-likeness (QED) is 0.741. The summed E-state index contributed by atoms with van der Waals surface area (Å²) in [6, 6.07) is 0.253. The Morgan fingerprint density at radius 2 is 2.00 bits per heavy atom.